The van der Waals surface area contributed by atoms with E-state index >= 15 is 0 Å². The Morgan fingerprint density at radius 2 is 1.50 bits per heavy atom. The number of carbonyl (C=O) groups is 1. The van der Waals surface area contributed by atoms with Crippen LogP contribution in [0.4, 0.5) is 0 Å². The second-order valence-electron chi connectivity index (χ2n) is 4.84. The van der Waals surface area contributed by atoms with Gasteiger partial charge in [0.2, 0.25) is 0 Å². The summed E-state index contributed by atoms with van der Waals surface area (Å²) in [5.41, 5.74) is 3.88. The molecule has 2 aromatic rings. The standard InChI is InChI=1S/C20H18O2/c1-4-6-19(5-2)22-20(21)18-13-11-17(12-14-18)16-9-7-15(3)8-10-16/h4-14H,1-2H2,3H3. The van der Waals surface area contributed by atoms with E-state index in [0.29, 0.717) is 11.3 Å². The molecule has 0 aliphatic rings. The Morgan fingerprint density at radius 1 is 0.955 bits per heavy atom. The molecule has 2 heteroatoms. The molecule has 0 aliphatic heterocycles. The first kappa shape index (κ1) is 15.5. The van der Waals surface area contributed by atoms with Gasteiger partial charge >= 0.3 is 5.97 Å². The fourth-order valence-electron chi connectivity index (χ4n) is 1.97. The van der Waals surface area contributed by atoms with Crippen molar-refractivity contribution in [1.82, 2.24) is 0 Å². The molecule has 0 fully saturated rings. The van der Waals surface area contributed by atoms with Crippen LogP contribution in [0.25, 0.3) is 11.1 Å². The number of ether oxygens (including phenoxy) is 1. The largest absolute Gasteiger partial charge is 0.423 e. The monoisotopic (exact) mass is 290 g/mol. The summed E-state index contributed by atoms with van der Waals surface area (Å²) >= 11 is 0. The molecule has 0 saturated heterocycles. The van der Waals surface area contributed by atoms with Gasteiger partial charge in [0.15, 0.2) is 0 Å². The first-order valence-corrected chi connectivity index (χ1v) is 6.98. The van der Waals surface area contributed by atoms with Crippen molar-refractivity contribution in [2.24, 2.45) is 0 Å². The smallest absolute Gasteiger partial charge is 0.343 e. The molecule has 0 spiro atoms. The molecule has 110 valence electrons. The van der Waals surface area contributed by atoms with Crippen LogP contribution in [0.2, 0.25) is 0 Å². The van der Waals surface area contributed by atoms with Gasteiger partial charge in [0.1, 0.15) is 5.76 Å². The normalized spacial score (nSPS) is 10.9. The van der Waals surface area contributed by atoms with Gasteiger partial charge in [-0.25, -0.2) is 4.79 Å². The lowest BCUT2D eigenvalue weighted by Gasteiger charge is -2.06. The molecule has 0 amide bonds. The first-order valence-electron chi connectivity index (χ1n) is 6.98. The maximum atomic E-state index is 12.0. The van der Waals surface area contributed by atoms with E-state index in [9.17, 15) is 4.79 Å². The molecule has 2 aromatic carbocycles. The lowest BCUT2D eigenvalue weighted by atomic mass is 10.0. The van der Waals surface area contributed by atoms with E-state index in [1.54, 1.807) is 24.3 Å². The van der Waals surface area contributed by atoms with Crippen LogP contribution in [-0.2, 0) is 4.74 Å². The van der Waals surface area contributed by atoms with E-state index in [2.05, 4.69) is 44.3 Å². The summed E-state index contributed by atoms with van der Waals surface area (Å²) in [6, 6.07) is 15.6. The van der Waals surface area contributed by atoms with Gasteiger partial charge in [0.25, 0.3) is 0 Å². The number of rotatable bonds is 5. The third kappa shape index (κ3) is 3.83. The summed E-state index contributed by atoms with van der Waals surface area (Å²) < 4.78 is 5.22. The SMILES string of the molecule is C=CC=C(C=C)OC(=O)c1ccc(-c2ccc(C)cc2)cc1. The highest BCUT2D eigenvalue weighted by Gasteiger charge is 2.08. The molecule has 0 unspecified atom stereocenters. The molecule has 2 nitrogen and oxygen atoms in total. The van der Waals surface area contributed by atoms with E-state index in [-0.39, 0.29) is 0 Å². The topological polar surface area (TPSA) is 26.3 Å². The van der Waals surface area contributed by atoms with Crippen molar-refractivity contribution in [1.29, 1.82) is 0 Å². The van der Waals surface area contributed by atoms with Crippen LogP contribution in [0.15, 0.2) is 85.7 Å². The van der Waals surface area contributed by atoms with E-state index in [1.165, 1.54) is 11.6 Å². The zero-order valence-corrected chi connectivity index (χ0v) is 12.6. The minimum Gasteiger partial charge on any atom is -0.423 e. The van der Waals surface area contributed by atoms with Crippen molar-refractivity contribution in [2.75, 3.05) is 0 Å². The van der Waals surface area contributed by atoms with Gasteiger partial charge in [-0.3, -0.25) is 0 Å². The van der Waals surface area contributed by atoms with Gasteiger partial charge in [-0.15, -0.1) is 0 Å². The minimum absolute atomic E-state index is 0.377. The third-order valence-electron chi connectivity index (χ3n) is 3.20. The summed E-state index contributed by atoms with van der Waals surface area (Å²) in [4.78, 5) is 12.0. The highest BCUT2D eigenvalue weighted by Crippen LogP contribution is 2.20. The molecule has 2 rings (SSSR count). The van der Waals surface area contributed by atoms with Gasteiger partial charge in [-0.1, -0.05) is 61.2 Å². The minimum atomic E-state index is -0.413. The maximum Gasteiger partial charge on any atom is 0.343 e. The summed E-state index contributed by atoms with van der Waals surface area (Å²) in [6.45, 7) is 9.21. The average molecular weight is 290 g/mol. The number of hydrogen-bond donors (Lipinski definition) is 0. The van der Waals surface area contributed by atoms with E-state index < -0.39 is 5.97 Å². The fraction of sp³-hybridized carbons (Fsp3) is 0.0500. The fourth-order valence-corrected chi connectivity index (χ4v) is 1.97. The molecular weight excluding hydrogens is 272 g/mol. The second-order valence-corrected chi connectivity index (χ2v) is 4.84. The number of esters is 1. The number of aryl methyl sites for hydroxylation is 1. The number of carbonyl (C=O) groups excluding carboxylic acids is 1. The number of hydrogen-bond acceptors (Lipinski definition) is 2. The van der Waals surface area contributed by atoms with E-state index in [4.69, 9.17) is 4.74 Å². The van der Waals surface area contributed by atoms with Crippen molar-refractivity contribution in [2.45, 2.75) is 6.92 Å². The number of benzene rings is 2. The molecule has 0 radical (unpaired) electrons. The summed E-state index contributed by atoms with van der Waals surface area (Å²) in [7, 11) is 0. The van der Waals surface area contributed by atoms with Crippen molar-refractivity contribution in [3.05, 3.63) is 96.8 Å². The predicted molar refractivity (Wildman–Crippen MR) is 90.5 cm³/mol. The molecule has 0 saturated carbocycles. The Kier molecular flexibility index (Phi) is 5.10. The van der Waals surface area contributed by atoms with Crippen LogP contribution < -0.4 is 0 Å². The second kappa shape index (κ2) is 7.23. The average Bonchev–Trinajstić information content (AvgIpc) is 2.55. The third-order valence-corrected chi connectivity index (χ3v) is 3.20. The predicted octanol–water partition coefficient (Wildman–Crippen LogP) is 5.07. The highest BCUT2D eigenvalue weighted by molar-refractivity contribution is 5.91. The van der Waals surface area contributed by atoms with Gasteiger partial charge < -0.3 is 4.74 Å². The first-order chi connectivity index (χ1) is 10.6. The van der Waals surface area contributed by atoms with Crippen LogP contribution in [0, 0.1) is 6.92 Å². The molecule has 0 bridgehead atoms. The van der Waals surface area contributed by atoms with Crippen LogP contribution in [-0.4, -0.2) is 5.97 Å². The van der Waals surface area contributed by atoms with Crippen LogP contribution >= 0.6 is 0 Å². The maximum absolute atomic E-state index is 12.0. The Morgan fingerprint density at radius 3 is 2.00 bits per heavy atom. The lowest BCUT2D eigenvalue weighted by Crippen LogP contribution is -2.03. The Hall–Kier alpha value is -2.87. The summed E-state index contributed by atoms with van der Waals surface area (Å²) in [6.07, 6.45) is 4.61. The van der Waals surface area contributed by atoms with E-state index in [1.807, 2.05) is 12.1 Å². The lowest BCUT2D eigenvalue weighted by molar-refractivity contribution is 0.0637. The molecule has 0 aromatic heterocycles. The van der Waals surface area contributed by atoms with Crippen LogP contribution in [0.5, 0.6) is 0 Å². The zero-order valence-electron chi connectivity index (χ0n) is 12.6. The van der Waals surface area contributed by atoms with Gasteiger partial charge in [-0.05, 0) is 42.3 Å². The van der Waals surface area contributed by atoms with Gasteiger partial charge in [-0.2, -0.15) is 0 Å². The van der Waals surface area contributed by atoms with Crippen molar-refractivity contribution >= 4 is 5.97 Å². The number of allylic oxidation sites excluding steroid dienone is 3. The summed E-state index contributed by atoms with van der Waals surface area (Å²) in [5, 5.41) is 0. The van der Waals surface area contributed by atoms with Crippen LogP contribution in [0.1, 0.15) is 15.9 Å². The molecule has 0 N–H and O–H groups in total. The molecule has 0 atom stereocenters. The van der Waals surface area contributed by atoms with E-state index in [0.717, 1.165) is 11.1 Å². The molecule has 0 heterocycles. The Bertz CT molecular complexity index is 704. The highest BCUT2D eigenvalue weighted by atomic mass is 16.5. The Labute approximate surface area is 131 Å². The van der Waals surface area contributed by atoms with Gasteiger partial charge in [0, 0.05) is 0 Å². The van der Waals surface area contributed by atoms with Crippen molar-refractivity contribution in [3.63, 3.8) is 0 Å². The van der Waals surface area contributed by atoms with Crippen LogP contribution in [0.3, 0.4) is 0 Å². The van der Waals surface area contributed by atoms with Crippen molar-refractivity contribution in [3.8, 4) is 11.1 Å². The molecule has 22 heavy (non-hydrogen) atoms. The molecule has 0 aliphatic carbocycles. The Balaban J connectivity index is 2.16. The quantitative estimate of drug-likeness (QED) is 0.436. The zero-order chi connectivity index (χ0) is 15.9. The molecular formula is C20H18O2. The van der Waals surface area contributed by atoms with Gasteiger partial charge in [0.05, 0.1) is 5.56 Å². The summed E-state index contributed by atoms with van der Waals surface area (Å²) in [5.74, 6) is -0.0360. The van der Waals surface area contributed by atoms with Crippen molar-refractivity contribution < 1.29 is 9.53 Å².